The van der Waals surface area contributed by atoms with Gasteiger partial charge in [-0.15, -0.1) is 0 Å². The van der Waals surface area contributed by atoms with Crippen LogP contribution in [0.1, 0.15) is 18.9 Å². The smallest absolute Gasteiger partial charge is 0.191 e. The van der Waals surface area contributed by atoms with Gasteiger partial charge in [-0.2, -0.15) is 0 Å². The molecule has 0 radical (unpaired) electrons. The summed E-state index contributed by atoms with van der Waals surface area (Å²) in [6, 6.07) is 3.40. The normalized spacial score (nSPS) is 11.4. The zero-order valence-corrected chi connectivity index (χ0v) is 10.1. The molecule has 1 aromatic carbocycles. The molecule has 0 saturated carbocycles. The van der Waals surface area contributed by atoms with Gasteiger partial charge in [-0.3, -0.25) is 4.99 Å². The minimum absolute atomic E-state index is 0.201. The Morgan fingerprint density at radius 3 is 2.71 bits per heavy atom. The number of hydrogen-bond donors (Lipinski definition) is 2. The molecule has 0 bridgehead atoms. The molecule has 0 aromatic heterocycles. The highest BCUT2D eigenvalue weighted by Crippen LogP contribution is 2.08. The van der Waals surface area contributed by atoms with Gasteiger partial charge in [0.05, 0.1) is 0 Å². The van der Waals surface area contributed by atoms with Crippen LogP contribution >= 0.6 is 0 Å². The molecule has 3 nitrogen and oxygen atoms in total. The van der Waals surface area contributed by atoms with Crippen molar-refractivity contribution in [2.24, 2.45) is 4.99 Å². The van der Waals surface area contributed by atoms with Gasteiger partial charge in [0, 0.05) is 25.7 Å². The zero-order chi connectivity index (χ0) is 12.7. The Labute approximate surface area is 99.9 Å². The molecule has 1 aromatic rings. The molecule has 17 heavy (non-hydrogen) atoms. The number of nitrogens with one attached hydrogen (secondary N) is 2. The van der Waals surface area contributed by atoms with Crippen LogP contribution in [-0.2, 0) is 6.54 Å². The lowest BCUT2D eigenvalue weighted by atomic mass is 10.2. The van der Waals surface area contributed by atoms with E-state index in [0.717, 1.165) is 25.1 Å². The van der Waals surface area contributed by atoms with Crippen molar-refractivity contribution in [3.05, 3.63) is 35.4 Å². The molecule has 0 fully saturated rings. The van der Waals surface area contributed by atoms with E-state index in [-0.39, 0.29) is 12.1 Å². The van der Waals surface area contributed by atoms with E-state index in [9.17, 15) is 8.78 Å². The van der Waals surface area contributed by atoms with E-state index in [1.807, 2.05) is 6.92 Å². The van der Waals surface area contributed by atoms with Crippen molar-refractivity contribution in [1.82, 2.24) is 10.6 Å². The van der Waals surface area contributed by atoms with Crippen molar-refractivity contribution in [2.45, 2.75) is 19.9 Å². The lowest BCUT2D eigenvalue weighted by Gasteiger charge is -2.11. The summed E-state index contributed by atoms with van der Waals surface area (Å²) in [5.74, 6) is -0.292. The number of halogens is 2. The maximum absolute atomic E-state index is 13.3. The molecule has 0 saturated heterocycles. The Balaban J connectivity index is 2.56. The number of benzene rings is 1. The highest BCUT2D eigenvalue weighted by molar-refractivity contribution is 5.79. The molecule has 0 spiro atoms. The standard InChI is InChI=1S/C12H17F2N3/c1-3-6-16-12(15-2)17-8-9-7-10(13)4-5-11(9)14/h4-5,7H,3,6,8H2,1-2H3,(H2,15,16,17). The topological polar surface area (TPSA) is 36.4 Å². The van der Waals surface area contributed by atoms with E-state index in [4.69, 9.17) is 0 Å². The van der Waals surface area contributed by atoms with Gasteiger partial charge in [-0.1, -0.05) is 6.92 Å². The molecule has 0 aliphatic rings. The largest absolute Gasteiger partial charge is 0.356 e. The van der Waals surface area contributed by atoms with Gasteiger partial charge in [0.25, 0.3) is 0 Å². The van der Waals surface area contributed by atoms with Crippen molar-refractivity contribution in [1.29, 1.82) is 0 Å². The van der Waals surface area contributed by atoms with Gasteiger partial charge in [0.2, 0.25) is 0 Å². The summed E-state index contributed by atoms with van der Waals surface area (Å²) in [5.41, 5.74) is 0.282. The predicted molar refractivity (Wildman–Crippen MR) is 64.9 cm³/mol. The van der Waals surface area contributed by atoms with Crippen molar-refractivity contribution in [3.8, 4) is 0 Å². The lowest BCUT2D eigenvalue weighted by Crippen LogP contribution is -2.37. The van der Waals surface area contributed by atoms with Gasteiger partial charge in [-0.05, 0) is 24.6 Å². The quantitative estimate of drug-likeness (QED) is 0.625. The Morgan fingerprint density at radius 2 is 2.06 bits per heavy atom. The highest BCUT2D eigenvalue weighted by atomic mass is 19.1. The monoisotopic (exact) mass is 241 g/mol. The van der Waals surface area contributed by atoms with Crippen LogP contribution in [0.4, 0.5) is 8.78 Å². The van der Waals surface area contributed by atoms with E-state index < -0.39 is 11.6 Å². The molecule has 94 valence electrons. The Bertz CT molecular complexity index is 391. The molecule has 0 unspecified atom stereocenters. The van der Waals surface area contributed by atoms with Gasteiger partial charge in [0.1, 0.15) is 11.6 Å². The first-order valence-electron chi connectivity index (χ1n) is 5.55. The van der Waals surface area contributed by atoms with E-state index in [1.165, 1.54) is 6.07 Å². The molecular weight excluding hydrogens is 224 g/mol. The maximum atomic E-state index is 13.3. The van der Waals surface area contributed by atoms with E-state index in [2.05, 4.69) is 15.6 Å². The van der Waals surface area contributed by atoms with Crippen LogP contribution in [0.5, 0.6) is 0 Å². The summed E-state index contributed by atoms with van der Waals surface area (Å²) in [6.07, 6.45) is 0.967. The molecular formula is C12H17F2N3. The minimum Gasteiger partial charge on any atom is -0.356 e. The summed E-state index contributed by atoms with van der Waals surface area (Å²) >= 11 is 0. The van der Waals surface area contributed by atoms with E-state index in [0.29, 0.717) is 5.96 Å². The summed E-state index contributed by atoms with van der Waals surface area (Å²) in [7, 11) is 1.63. The Kier molecular flexibility index (Phi) is 5.39. The first-order chi connectivity index (χ1) is 8.17. The van der Waals surface area contributed by atoms with E-state index >= 15 is 0 Å². The van der Waals surface area contributed by atoms with Crippen LogP contribution < -0.4 is 10.6 Å². The van der Waals surface area contributed by atoms with Crippen LogP contribution in [0.15, 0.2) is 23.2 Å². The highest BCUT2D eigenvalue weighted by Gasteiger charge is 2.04. The molecule has 0 aliphatic heterocycles. The van der Waals surface area contributed by atoms with Gasteiger partial charge >= 0.3 is 0 Å². The molecule has 0 atom stereocenters. The third-order valence-corrected chi connectivity index (χ3v) is 2.22. The van der Waals surface area contributed by atoms with Crippen molar-refractivity contribution in [2.75, 3.05) is 13.6 Å². The lowest BCUT2D eigenvalue weighted by molar-refractivity contribution is 0.581. The fourth-order valence-corrected chi connectivity index (χ4v) is 1.32. The van der Waals surface area contributed by atoms with Crippen LogP contribution in [0, 0.1) is 11.6 Å². The fraction of sp³-hybridized carbons (Fsp3) is 0.417. The molecule has 1 rings (SSSR count). The predicted octanol–water partition coefficient (Wildman–Crippen LogP) is 2.04. The van der Waals surface area contributed by atoms with Gasteiger partial charge in [-0.25, -0.2) is 8.78 Å². The van der Waals surface area contributed by atoms with Gasteiger partial charge < -0.3 is 10.6 Å². The molecule has 0 heterocycles. The second-order valence-corrected chi connectivity index (χ2v) is 3.59. The first-order valence-corrected chi connectivity index (χ1v) is 5.55. The maximum Gasteiger partial charge on any atom is 0.191 e. The minimum atomic E-state index is -0.445. The number of rotatable bonds is 4. The summed E-state index contributed by atoms with van der Waals surface area (Å²) in [5, 5.41) is 5.97. The Hall–Kier alpha value is -1.65. The van der Waals surface area contributed by atoms with Crippen molar-refractivity contribution < 1.29 is 8.78 Å². The first kappa shape index (κ1) is 13.4. The third-order valence-electron chi connectivity index (χ3n) is 2.22. The van der Waals surface area contributed by atoms with Crippen molar-refractivity contribution in [3.63, 3.8) is 0 Å². The number of aliphatic imine (C=N–C) groups is 1. The zero-order valence-electron chi connectivity index (χ0n) is 10.1. The average Bonchev–Trinajstić information content (AvgIpc) is 2.33. The number of guanidine groups is 1. The fourth-order valence-electron chi connectivity index (χ4n) is 1.32. The van der Waals surface area contributed by atoms with Crippen molar-refractivity contribution >= 4 is 5.96 Å². The molecule has 2 N–H and O–H groups in total. The summed E-state index contributed by atoms with van der Waals surface area (Å²) in [4.78, 5) is 3.97. The second kappa shape index (κ2) is 6.83. The average molecular weight is 241 g/mol. The second-order valence-electron chi connectivity index (χ2n) is 3.59. The summed E-state index contributed by atoms with van der Waals surface area (Å²) < 4.78 is 26.2. The van der Waals surface area contributed by atoms with E-state index in [1.54, 1.807) is 7.05 Å². The Morgan fingerprint density at radius 1 is 1.29 bits per heavy atom. The molecule has 0 aliphatic carbocycles. The molecule has 0 amide bonds. The van der Waals surface area contributed by atoms with Crippen LogP contribution in [0.3, 0.4) is 0 Å². The van der Waals surface area contributed by atoms with Crippen LogP contribution in [0.2, 0.25) is 0 Å². The molecule has 5 heteroatoms. The third kappa shape index (κ3) is 4.38. The van der Waals surface area contributed by atoms with Gasteiger partial charge in [0.15, 0.2) is 5.96 Å². The SMILES string of the molecule is CCCNC(=NC)NCc1cc(F)ccc1F. The summed E-state index contributed by atoms with van der Waals surface area (Å²) in [6.45, 7) is 3.02. The van der Waals surface area contributed by atoms with Crippen LogP contribution in [-0.4, -0.2) is 19.6 Å². The number of hydrogen-bond acceptors (Lipinski definition) is 1. The van der Waals surface area contributed by atoms with Crippen LogP contribution in [0.25, 0.3) is 0 Å². The number of nitrogens with zero attached hydrogens (tertiary/aromatic N) is 1.